The second-order valence-corrected chi connectivity index (χ2v) is 7.32. The van der Waals surface area contributed by atoms with Crippen molar-refractivity contribution < 1.29 is 56.7 Å². The van der Waals surface area contributed by atoms with Crippen LogP contribution in [0.5, 0.6) is 0 Å². The van der Waals surface area contributed by atoms with Crippen LogP contribution in [-0.2, 0) is 14.3 Å². The molecule has 2 aliphatic heterocycles. The smallest absolute Gasteiger partial charge is 0.463 e. The lowest BCUT2D eigenvalue weighted by atomic mass is 9.89. The lowest BCUT2D eigenvalue weighted by Gasteiger charge is -2.45. The van der Waals surface area contributed by atoms with E-state index >= 15 is 0 Å². The van der Waals surface area contributed by atoms with Gasteiger partial charge in [-0.15, -0.1) is 0 Å². The molecule has 1 amide bonds. The van der Waals surface area contributed by atoms with Crippen LogP contribution in [0.1, 0.15) is 19.3 Å². The van der Waals surface area contributed by atoms with Gasteiger partial charge in [0.25, 0.3) is 0 Å². The number of carboxylic acids is 1. The van der Waals surface area contributed by atoms with Crippen LogP contribution in [0.2, 0.25) is 0 Å². The quantitative estimate of drug-likeness (QED) is 0.322. The van der Waals surface area contributed by atoms with E-state index in [2.05, 4.69) is 0 Å². The Morgan fingerprint density at radius 2 is 1.74 bits per heavy atom. The number of nitrogens with zero attached hydrogens (tertiary/aromatic N) is 1. The zero-order valence-electron chi connectivity index (χ0n) is 16.1. The minimum absolute atomic E-state index is 0.307. The summed E-state index contributed by atoms with van der Waals surface area (Å²) in [6.07, 6.45) is -9.26. The van der Waals surface area contributed by atoms with Crippen LogP contribution in [-0.4, -0.2) is 99.4 Å². The summed E-state index contributed by atoms with van der Waals surface area (Å²) in [7, 11) is 0. The number of carbonyl (C=O) groups excluding carboxylic acids is 1. The second-order valence-electron chi connectivity index (χ2n) is 7.32. The summed E-state index contributed by atoms with van der Waals surface area (Å²) in [5.74, 6) is -10.9. The fourth-order valence-corrected chi connectivity index (χ4v) is 3.53. The first-order chi connectivity index (χ1) is 14.3. The van der Waals surface area contributed by atoms with Crippen LogP contribution in [0.15, 0.2) is 11.8 Å². The molecule has 0 radical (unpaired) electrons. The number of likely N-dealkylation sites (tertiary alicyclic amines) is 1. The monoisotopic (exact) mass is 462 g/mol. The highest BCUT2D eigenvalue weighted by Gasteiger charge is 2.64. The fourth-order valence-electron chi connectivity index (χ4n) is 3.53. The maximum absolute atomic E-state index is 13.6. The molecule has 5 N–H and O–H groups in total. The highest BCUT2D eigenvalue weighted by atomic mass is 19.4. The second kappa shape index (κ2) is 9.63. The molecular weight excluding hydrogens is 439 g/mol. The van der Waals surface area contributed by atoms with Crippen molar-refractivity contribution >= 4 is 11.9 Å². The van der Waals surface area contributed by atoms with Gasteiger partial charge < -0.3 is 30.5 Å². The Kier molecular flexibility index (Phi) is 7.84. The summed E-state index contributed by atoms with van der Waals surface area (Å²) in [6, 6.07) is -3.03. The molecule has 0 bridgehead atoms. The van der Waals surface area contributed by atoms with Crippen molar-refractivity contribution in [2.24, 2.45) is 0 Å². The van der Waals surface area contributed by atoms with Crippen molar-refractivity contribution in [1.29, 1.82) is 0 Å². The van der Waals surface area contributed by atoms with E-state index in [0.717, 1.165) is 12.5 Å². The zero-order chi connectivity index (χ0) is 23.6. The van der Waals surface area contributed by atoms with Gasteiger partial charge in [0.15, 0.2) is 0 Å². The van der Waals surface area contributed by atoms with E-state index in [9.17, 15) is 46.9 Å². The summed E-state index contributed by atoms with van der Waals surface area (Å²) in [5, 5.41) is 39.9. The van der Waals surface area contributed by atoms with Crippen LogP contribution >= 0.6 is 0 Å². The van der Waals surface area contributed by atoms with Crippen molar-refractivity contribution in [3.8, 4) is 0 Å². The molecule has 178 valence electrons. The van der Waals surface area contributed by atoms with Crippen LogP contribution < -0.4 is 5.32 Å². The average molecular weight is 462 g/mol. The number of aliphatic hydroxyl groups is 3. The lowest BCUT2D eigenvalue weighted by Crippen LogP contribution is -2.66. The van der Waals surface area contributed by atoms with E-state index in [1.165, 1.54) is 5.32 Å². The minimum atomic E-state index is -6.20. The number of piperidine rings is 1. The molecule has 0 aromatic heterocycles. The van der Waals surface area contributed by atoms with Gasteiger partial charge >= 0.3 is 24.0 Å². The number of carboxylic acid groups (broad SMARTS) is 1. The molecule has 0 aliphatic carbocycles. The third-order valence-electron chi connectivity index (χ3n) is 5.19. The Labute approximate surface area is 173 Å². The van der Waals surface area contributed by atoms with Crippen molar-refractivity contribution in [2.75, 3.05) is 19.7 Å². The molecule has 1 fully saturated rings. The molecule has 0 unspecified atom stereocenters. The van der Waals surface area contributed by atoms with Gasteiger partial charge in [-0.05, 0) is 32.0 Å². The van der Waals surface area contributed by atoms with Crippen LogP contribution in [0.4, 0.5) is 22.0 Å². The van der Waals surface area contributed by atoms with Crippen LogP contribution in [0.3, 0.4) is 0 Å². The maximum Gasteiger partial charge on any atom is 0.463 e. The maximum atomic E-state index is 13.6. The van der Waals surface area contributed by atoms with Gasteiger partial charge in [0.1, 0.15) is 18.3 Å². The van der Waals surface area contributed by atoms with Crippen molar-refractivity contribution in [1.82, 2.24) is 10.2 Å². The molecule has 0 aromatic carbocycles. The Bertz CT molecular complexity index is 697. The van der Waals surface area contributed by atoms with Gasteiger partial charge in [-0.3, -0.25) is 9.69 Å². The van der Waals surface area contributed by atoms with E-state index in [1.807, 2.05) is 0 Å². The molecular formula is C17H23F5N2O7. The highest BCUT2D eigenvalue weighted by molar-refractivity contribution is 5.86. The third-order valence-corrected chi connectivity index (χ3v) is 5.19. The molecule has 1 saturated heterocycles. The summed E-state index contributed by atoms with van der Waals surface area (Å²) in [5.41, 5.74) is 0. The Morgan fingerprint density at radius 3 is 2.23 bits per heavy atom. The molecule has 2 aliphatic rings. The van der Waals surface area contributed by atoms with Crippen molar-refractivity contribution in [2.45, 2.75) is 61.8 Å². The van der Waals surface area contributed by atoms with Gasteiger partial charge in [-0.1, -0.05) is 6.42 Å². The van der Waals surface area contributed by atoms with Crippen molar-refractivity contribution in [3.63, 3.8) is 0 Å². The van der Waals surface area contributed by atoms with E-state index in [4.69, 9.17) is 9.84 Å². The Hall–Kier alpha value is -2.03. The first kappa shape index (κ1) is 25.2. The molecule has 5 atom stereocenters. The average Bonchev–Trinajstić information content (AvgIpc) is 2.72. The molecule has 0 saturated carbocycles. The number of alkyl halides is 5. The van der Waals surface area contributed by atoms with Crippen LogP contribution in [0, 0.1) is 0 Å². The van der Waals surface area contributed by atoms with Gasteiger partial charge in [0, 0.05) is 0 Å². The number of rotatable bonds is 7. The van der Waals surface area contributed by atoms with E-state index in [1.54, 1.807) is 4.90 Å². The number of halogens is 5. The third kappa shape index (κ3) is 5.42. The highest BCUT2D eigenvalue weighted by Crippen LogP contribution is 2.36. The molecule has 0 aromatic rings. The molecule has 0 spiro atoms. The Balaban J connectivity index is 2.47. The summed E-state index contributed by atoms with van der Waals surface area (Å²) < 4.78 is 70.0. The van der Waals surface area contributed by atoms with Gasteiger partial charge in [-0.25, -0.2) is 4.79 Å². The number of nitrogens with one attached hydrogen (secondary N) is 1. The van der Waals surface area contributed by atoms with E-state index in [0.29, 0.717) is 25.9 Å². The van der Waals surface area contributed by atoms with Gasteiger partial charge in [0.05, 0.1) is 18.7 Å². The number of amides is 1. The topological polar surface area (TPSA) is 140 Å². The molecule has 2 heterocycles. The summed E-state index contributed by atoms with van der Waals surface area (Å²) >= 11 is 0. The molecule has 2 rings (SSSR count). The largest absolute Gasteiger partial charge is 0.478 e. The SMILES string of the molecule is O=C(O)C1=C[C@@H](N2CCCCC2)[C@@H](NC(=O)C(F)(F)C(F)(F)F)[C@@H]([C@@H](O)[C@H](O)CO)O1. The van der Waals surface area contributed by atoms with Gasteiger partial charge in [0.2, 0.25) is 5.76 Å². The normalized spacial score (nSPS) is 27.6. The number of carbonyl (C=O) groups is 2. The number of aliphatic carboxylic acids is 1. The predicted molar refractivity (Wildman–Crippen MR) is 91.8 cm³/mol. The van der Waals surface area contributed by atoms with Crippen LogP contribution in [0.25, 0.3) is 0 Å². The Morgan fingerprint density at radius 1 is 1.16 bits per heavy atom. The summed E-state index contributed by atoms with van der Waals surface area (Å²) in [4.78, 5) is 24.8. The first-order valence-electron chi connectivity index (χ1n) is 9.39. The van der Waals surface area contributed by atoms with E-state index in [-0.39, 0.29) is 0 Å². The van der Waals surface area contributed by atoms with Crippen molar-refractivity contribution in [3.05, 3.63) is 11.8 Å². The minimum Gasteiger partial charge on any atom is -0.478 e. The molecule has 14 heteroatoms. The number of aliphatic hydroxyl groups excluding tert-OH is 3. The molecule has 31 heavy (non-hydrogen) atoms. The fraction of sp³-hybridized carbons (Fsp3) is 0.765. The molecule has 9 nitrogen and oxygen atoms in total. The first-order valence-corrected chi connectivity index (χ1v) is 9.39. The number of ether oxygens (including phenoxy) is 1. The number of hydrogen-bond donors (Lipinski definition) is 5. The number of hydrogen-bond acceptors (Lipinski definition) is 7. The lowest BCUT2D eigenvalue weighted by molar-refractivity contribution is -0.270. The summed E-state index contributed by atoms with van der Waals surface area (Å²) in [6.45, 7) is -0.441. The van der Waals surface area contributed by atoms with E-state index < -0.39 is 66.7 Å². The van der Waals surface area contributed by atoms with Gasteiger partial charge in [-0.2, -0.15) is 22.0 Å². The zero-order valence-corrected chi connectivity index (χ0v) is 16.1. The predicted octanol–water partition coefficient (Wildman–Crippen LogP) is -0.395. The standard InChI is InChI=1S/C17H23F5N2O7/c18-16(19,17(20,21)22)15(30)23-11-8(24-4-2-1-3-5-24)6-10(14(28)29)31-13(11)12(27)9(26)7-25/h6,8-9,11-13,25-27H,1-5,7H2,(H,23,30)(H,28,29)/t8-,9-,11-,12+,13+/m1/s1.